The first-order valence-corrected chi connectivity index (χ1v) is 6.23. The van der Waals surface area contributed by atoms with Crippen LogP contribution in [0.2, 0.25) is 0 Å². The topological polar surface area (TPSA) is 34.2 Å². The maximum Gasteiger partial charge on any atom is 0.168 e. The third-order valence-electron chi connectivity index (χ3n) is 2.72. The van der Waals surface area contributed by atoms with Crippen LogP contribution in [0.25, 0.3) is 0 Å². The van der Waals surface area contributed by atoms with Crippen LogP contribution in [0.15, 0.2) is 47.1 Å². The minimum absolute atomic E-state index is 0.0317. The van der Waals surface area contributed by atoms with E-state index < -0.39 is 0 Å². The van der Waals surface area contributed by atoms with Gasteiger partial charge >= 0.3 is 0 Å². The number of fused-ring (bicyclic) bond motifs is 1. The van der Waals surface area contributed by atoms with Gasteiger partial charge in [0.15, 0.2) is 11.6 Å². The third kappa shape index (κ3) is 2.13. The number of nitrogens with zero attached hydrogens (tertiary/aromatic N) is 1. The SMILES string of the molecule is Brc1cccc(C2CNc3ncccc3O2)c1. The van der Waals surface area contributed by atoms with Crippen LogP contribution in [0, 0.1) is 0 Å². The third-order valence-corrected chi connectivity index (χ3v) is 3.21. The molecule has 17 heavy (non-hydrogen) atoms. The molecule has 0 aliphatic carbocycles. The number of aromatic nitrogens is 1. The van der Waals surface area contributed by atoms with Crippen molar-refractivity contribution in [2.24, 2.45) is 0 Å². The molecule has 0 radical (unpaired) electrons. The fraction of sp³-hybridized carbons (Fsp3) is 0.154. The van der Waals surface area contributed by atoms with Crippen molar-refractivity contribution in [2.75, 3.05) is 11.9 Å². The number of hydrogen-bond acceptors (Lipinski definition) is 3. The average molecular weight is 291 g/mol. The molecule has 86 valence electrons. The lowest BCUT2D eigenvalue weighted by atomic mass is 10.1. The zero-order valence-electron chi connectivity index (χ0n) is 9.06. The first-order valence-electron chi connectivity index (χ1n) is 5.44. The number of nitrogens with one attached hydrogen (secondary N) is 1. The van der Waals surface area contributed by atoms with Crippen LogP contribution in [0.1, 0.15) is 11.7 Å². The molecule has 1 atom stereocenters. The predicted molar refractivity (Wildman–Crippen MR) is 70.2 cm³/mol. The largest absolute Gasteiger partial charge is 0.480 e. The number of halogens is 1. The van der Waals surface area contributed by atoms with Gasteiger partial charge in [0.1, 0.15) is 6.10 Å². The zero-order chi connectivity index (χ0) is 11.7. The molecular formula is C13H11BrN2O. The van der Waals surface area contributed by atoms with E-state index in [4.69, 9.17) is 4.74 Å². The van der Waals surface area contributed by atoms with Crippen molar-refractivity contribution < 1.29 is 4.74 Å². The van der Waals surface area contributed by atoms with Crippen molar-refractivity contribution in [3.05, 3.63) is 52.6 Å². The van der Waals surface area contributed by atoms with E-state index in [2.05, 4.69) is 38.4 Å². The van der Waals surface area contributed by atoms with Crippen LogP contribution in [-0.2, 0) is 0 Å². The monoisotopic (exact) mass is 290 g/mol. The lowest BCUT2D eigenvalue weighted by Crippen LogP contribution is -2.24. The number of rotatable bonds is 1. The van der Waals surface area contributed by atoms with E-state index in [0.29, 0.717) is 0 Å². The Morgan fingerprint density at radius 3 is 3.12 bits per heavy atom. The number of hydrogen-bond donors (Lipinski definition) is 1. The molecule has 1 aromatic carbocycles. The highest BCUT2D eigenvalue weighted by molar-refractivity contribution is 9.10. The summed E-state index contributed by atoms with van der Waals surface area (Å²) in [5.74, 6) is 1.63. The second-order valence-corrected chi connectivity index (χ2v) is 4.81. The number of ether oxygens (including phenoxy) is 1. The summed E-state index contributed by atoms with van der Waals surface area (Å²) in [5, 5.41) is 3.28. The Hall–Kier alpha value is -1.55. The molecule has 1 aromatic heterocycles. The number of pyridine rings is 1. The maximum absolute atomic E-state index is 5.93. The quantitative estimate of drug-likeness (QED) is 0.874. The van der Waals surface area contributed by atoms with Gasteiger partial charge in [-0.3, -0.25) is 0 Å². The normalized spacial score (nSPS) is 17.8. The Morgan fingerprint density at radius 2 is 2.24 bits per heavy atom. The van der Waals surface area contributed by atoms with Crippen LogP contribution in [0.3, 0.4) is 0 Å². The van der Waals surface area contributed by atoms with E-state index in [1.807, 2.05) is 24.3 Å². The molecule has 0 bridgehead atoms. The first kappa shape index (κ1) is 10.6. The van der Waals surface area contributed by atoms with Gasteiger partial charge in [0.2, 0.25) is 0 Å². The minimum Gasteiger partial charge on any atom is -0.480 e. The van der Waals surface area contributed by atoms with E-state index in [1.165, 1.54) is 0 Å². The molecule has 1 unspecified atom stereocenters. The molecule has 0 fully saturated rings. The summed E-state index contributed by atoms with van der Waals surface area (Å²) in [6.07, 6.45) is 1.79. The van der Waals surface area contributed by atoms with Crippen LogP contribution in [0.5, 0.6) is 5.75 Å². The highest BCUT2D eigenvalue weighted by Gasteiger charge is 2.21. The van der Waals surface area contributed by atoms with Crippen molar-refractivity contribution in [3.63, 3.8) is 0 Å². The Morgan fingerprint density at radius 1 is 1.29 bits per heavy atom. The smallest absolute Gasteiger partial charge is 0.168 e. The lowest BCUT2D eigenvalue weighted by Gasteiger charge is -2.26. The molecule has 3 rings (SSSR count). The molecular weight excluding hydrogens is 280 g/mol. The van der Waals surface area contributed by atoms with E-state index in [9.17, 15) is 0 Å². The Labute approximate surface area is 108 Å². The second kappa shape index (κ2) is 4.37. The van der Waals surface area contributed by atoms with Gasteiger partial charge in [-0.05, 0) is 29.8 Å². The fourth-order valence-corrected chi connectivity index (χ4v) is 2.31. The van der Waals surface area contributed by atoms with Crippen molar-refractivity contribution in [2.45, 2.75) is 6.10 Å². The molecule has 3 nitrogen and oxygen atoms in total. The van der Waals surface area contributed by atoms with Crippen LogP contribution >= 0.6 is 15.9 Å². The Bertz CT molecular complexity index is 544. The molecule has 0 amide bonds. The molecule has 0 saturated carbocycles. The van der Waals surface area contributed by atoms with Crippen molar-refractivity contribution in [1.29, 1.82) is 0 Å². The van der Waals surface area contributed by atoms with Gasteiger partial charge in [-0.15, -0.1) is 0 Å². The Balaban J connectivity index is 1.89. The summed E-state index contributed by atoms with van der Waals surface area (Å²) in [6, 6.07) is 12.0. The fourth-order valence-electron chi connectivity index (χ4n) is 1.90. The van der Waals surface area contributed by atoms with Gasteiger partial charge in [0, 0.05) is 10.7 Å². The first-order chi connectivity index (χ1) is 8.33. The number of anilines is 1. The van der Waals surface area contributed by atoms with Crippen molar-refractivity contribution in [3.8, 4) is 5.75 Å². The summed E-state index contributed by atoms with van der Waals surface area (Å²) < 4.78 is 6.99. The van der Waals surface area contributed by atoms with Gasteiger partial charge in [-0.2, -0.15) is 0 Å². The molecule has 4 heteroatoms. The summed E-state index contributed by atoms with van der Waals surface area (Å²) in [7, 11) is 0. The highest BCUT2D eigenvalue weighted by atomic mass is 79.9. The highest BCUT2D eigenvalue weighted by Crippen LogP contribution is 2.32. The van der Waals surface area contributed by atoms with E-state index in [-0.39, 0.29) is 6.10 Å². The van der Waals surface area contributed by atoms with Gasteiger partial charge in [0.25, 0.3) is 0 Å². The molecule has 2 heterocycles. The maximum atomic E-state index is 5.93. The minimum atomic E-state index is 0.0317. The zero-order valence-corrected chi connectivity index (χ0v) is 10.6. The summed E-state index contributed by atoms with van der Waals surface area (Å²) in [6.45, 7) is 0.737. The van der Waals surface area contributed by atoms with Crippen LogP contribution < -0.4 is 10.1 Å². The summed E-state index contributed by atoms with van der Waals surface area (Å²) in [5.41, 5.74) is 1.15. The molecule has 0 spiro atoms. The molecule has 2 aromatic rings. The van der Waals surface area contributed by atoms with Gasteiger partial charge in [-0.1, -0.05) is 28.1 Å². The molecule has 1 aliphatic heterocycles. The Kier molecular flexibility index (Phi) is 2.73. The van der Waals surface area contributed by atoms with E-state index >= 15 is 0 Å². The van der Waals surface area contributed by atoms with Gasteiger partial charge < -0.3 is 10.1 Å². The van der Waals surface area contributed by atoms with Gasteiger partial charge in [0.05, 0.1) is 6.54 Å². The standard InChI is InChI=1S/C13H11BrN2O/c14-10-4-1-3-9(7-10)12-8-16-13-11(17-12)5-2-6-15-13/h1-7,12H,8H2,(H,15,16). The molecule has 1 aliphatic rings. The lowest BCUT2D eigenvalue weighted by molar-refractivity contribution is 0.209. The summed E-state index contributed by atoms with van der Waals surface area (Å²) in [4.78, 5) is 4.22. The van der Waals surface area contributed by atoms with Gasteiger partial charge in [-0.25, -0.2) is 4.98 Å². The number of benzene rings is 1. The van der Waals surface area contributed by atoms with Crippen molar-refractivity contribution in [1.82, 2.24) is 4.98 Å². The van der Waals surface area contributed by atoms with E-state index in [1.54, 1.807) is 6.20 Å². The van der Waals surface area contributed by atoms with Crippen LogP contribution in [-0.4, -0.2) is 11.5 Å². The molecule has 0 saturated heterocycles. The van der Waals surface area contributed by atoms with E-state index in [0.717, 1.165) is 28.1 Å². The predicted octanol–water partition coefficient (Wildman–Crippen LogP) is 3.39. The second-order valence-electron chi connectivity index (χ2n) is 3.89. The summed E-state index contributed by atoms with van der Waals surface area (Å²) >= 11 is 3.47. The molecule has 1 N–H and O–H groups in total. The van der Waals surface area contributed by atoms with Crippen LogP contribution in [0.4, 0.5) is 5.82 Å². The van der Waals surface area contributed by atoms with Crippen molar-refractivity contribution >= 4 is 21.7 Å². The average Bonchev–Trinajstić information content (AvgIpc) is 2.38.